The lowest BCUT2D eigenvalue weighted by atomic mass is 9.92. The molecule has 0 radical (unpaired) electrons. The highest BCUT2D eigenvalue weighted by Crippen LogP contribution is 2.20. The average Bonchev–Trinajstić information content (AvgIpc) is 2.69. The van der Waals surface area contributed by atoms with Crippen molar-refractivity contribution in [2.24, 2.45) is 0 Å². The minimum Gasteiger partial charge on any atom is -0.369 e. The first-order chi connectivity index (χ1) is 13.9. The van der Waals surface area contributed by atoms with Crippen molar-refractivity contribution in [3.05, 3.63) is 42.0 Å². The van der Waals surface area contributed by atoms with Gasteiger partial charge in [-0.05, 0) is 37.8 Å². The van der Waals surface area contributed by atoms with Gasteiger partial charge in [-0.25, -0.2) is 0 Å². The minimum atomic E-state index is -0.171. The van der Waals surface area contributed by atoms with Gasteiger partial charge in [-0.1, -0.05) is 44.2 Å². The molecule has 0 spiro atoms. The zero-order valence-corrected chi connectivity index (χ0v) is 18.0. The Balaban J connectivity index is 1.91. The van der Waals surface area contributed by atoms with Crippen LogP contribution in [0.5, 0.6) is 0 Å². The number of carbonyl (C=O) groups excluding carboxylic acids is 2. The average molecular weight is 402 g/mol. The Morgan fingerprint density at radius 1 is 1.21 bits per heavy atom. The largest absolute Gasteiger partial charge is 0.369 e. The summed E-state index contributed by atoms with van der Waals surface area (Å²) in [6, 6.07) is 7.60. The third kappa shape index (κ3) is 7.29. The van der Waals surface area contributed by atoms with Crippen molar-refractivity contribution in [2.75, 3.05) is 11.9 Å². The molecule has 0 fully saturated rings. The lowest BCUT2D eigenvalue weighted by molar-refractivity contribution is -0.122. The highest BCUT2D eigenvalue weighted by Gasteiger charge is 2.32. The molecule has 0 saturated carbocycles. The molecule has 0 bridgehead atoms. The van der Waals surface area contributed by atoms with Gasteiger partial charge in [0.05, 0.1) is 18.2 Å². The van der Waals surface area contributed by atoms with Crippen molar-refractivity contribution in [3.63, 3.8) is 0 Å². The van der Waals surface area contributed by atoms with Gasteiger partial charge in [0.25, 0.3) is 0 Å². The first-order valence-electron chi connectivity index (χ1n) is 10.6. The molecule has 6 nitrogen and oxygen atoms in total. The number of benzene rings is 1. The van der Waals surface area contributed by atoms with E-state index in [0.29, 0.717) is 13.0 Å². The Kier molecular flexibility index (Phi) is 9.35. The summed E-state index contributed by atoms with van der Waals surface area (Å²) in [6.45, 7) is 8.25. The van der Waals surface area contributed by atoms with Crippen LogP contribution in [0.25, 0.3) is 0 Å². The van der Waals surface area contributed by atoms with Crippen molar-refractivity contribution >= 4 is 17.5 Å². The molecule has 1 aromatic rings. The van der Waals surface area contributed by atoms with Gasteiger partial charge in [0.1, 0.15) is 0 Å². The molecular formula is C23H35N3O3. The van der Waals surface area contributed by atoms with Crippen molar-refractivity contribution in [1.29, 1.82) is 0 Å². The summed E-state index contributed by atoms with van der Waals surface area (Å²) in [5.74, 6) is -0.105. The Labute approximate surface area is 174 Å². The van der Waals surface area contributed by atoms with E-state index in [2.05, 4.69) is 35.9 Å². The SMILES string of the molecule is CCC(CC)O[C@@H]1C=CC[C@H](NCCC(=O)Nc2ccccc2C)[C@H]1NC(C)=O. The van der Waals surface area contributed by atoms with Crippen molar-refractivity contribution in [2.45, 2.75) is 77.7 Å². The molecule has 1 aliphatic carbocycles. The number of anilines is 1. The fourth-order valence-corrected chi connectivity index (χ4v) is 3.61. The van der Waals surface area contributed by atoms with Crippen LogP contribution < -0.4 is 16.0 Å². The molecule has 1 aliphatic rings. The summed E-state index contributed by atoms with van der Waals surface area (Å²) in [5.41, 5.74) is 1.88. The lowest BCUT2D eigenvalue weighted by Crippen LogP contribution is -2.57. The minimum absolute atomic E-state index is 0.0227. The van der Waals surface area contributed by atoms with Crippen molar-refractivity contribution in [3.8, 4) is 0 Å². The molecule has 2 amide bonds. The molecule has 3 atom stereocenters. The Morgan fingerprint density at radius 3 is 2.59 bits per heavy atom. The number of ether oxygens (including phenoxy) is 1. The van der Waals surface area contributed by atoms with Crippen LogP contribution in [0.15, 0.2) is 36.4 Å². The van der Waals surface area contributed by atoms with E-state index in [9.17, 15) is 9.59 Å². The van der Waals surface area contributed by atoms with Gasteiger partial charge in [0, 0.05) is 31.6 Å². The Morgan fingerprint density at radius 2 is 1.93 bits per heavy atom. The van der Waals surface area contributed by atoms with E-state index in [-0.39, 0.29) is 36.1 Å². The van der Waals surface area contributed by atoms with Crippen LogP contribution in [0.3, 0.4) is 0 Å². The maximum absolute atomic E-state index is 12.3. The van der Waals surface area contributed by atoms with Gasteiger partial charge >= 0.3 is 0 Å². The fraction of sp³-hybridized carbons (Fsp3) is 0.565. The fourth-order valence-electron chi connectivity index (χ4n) is 3.61. The number of hydrogen-bond donors (Lipinski definition) is 3. The van der Waals surface area contributed by atoms with Crippen LogP contribution in [0.1, 0.15) is 52.0 Å². The molecule has 0 saturated heterocycles. The van der Waals surface area contributed by atoms with Crippen LogP contribution in [0.4, 0.5) is 5.69 Å². The highest BCUT2D eigenvalue weighted by atomic mass is 16.5. The number of aryl methyl sites for hydroxylation is 1. The van der Waals surface area contributed by atoms with Crippen LogP contribution in [0, 0.1) is 6.92 Å². The molecule has 3 N–H and O–H groups in total. The maximum Gasteiger partial charge on any atom is 0.225 e. The van der Waals surface area contributed by atoms with Gasteiger partial charge in [0.15, 0.2) is 0 Å². The quantitative estimate of drug-likeness (QED) is 0.526. The molecule has 2 rings (SSSR count). The smallest absolute Gasteiger partial charge is 0.225 e. The first-order valence-corrected chi connectivity index (χ1v) is 10.6. The Bertz CT molecular complexity index is 700. The normalized spacial score (nSPS) is 21.2. The molecular weight excluding hydrogens is 366 g/mol. The highest BCUT2D eigenvalue weighted by molar-refractivity contribution is 5.91. The summed E-state index contributed by atoms with van der Waals surface area (Å²) in [7, 11) is 0. The van der Waals surface area contributed by atoms with Crippen LogP contribution in [-0.2, 0) is 14.3 Å². The second-order valence-electron chi connectivity index (χ2n) is 7.60. The number of para-hydroxylation sites is 1. The van der Waals surface area contributed by atoms with Crippen LogP contribution in [0.2, 0.25) is 0 Å². The number of carbonyl (C=O) groups is 2. The van der Waals surface area contributed by atoms with Gasteiger partial charge in [-0.2, -0.15) is 0 Å². The third-order valence-corrected chi connectivity index (χ3v) is 5.31. The predicted molar refractivity (Wildman–Crippen MR) is 117 cm³/mol. The van der Waals surface area contributed by atoms with Gasteiger partial charge < -0.3 is 20.7 Å². The number of rotatable bonds is 10. The van der Waals surface area contributed by atoms with E-state index in [0.717, 1.165) is 30.5 Å². The van der Waals surface area contributed by atoms with E-state index < -0.39 is 0 Å². The second-order valence-corrected chi connectivity index (χ2v) is 7.60. The summed E-state index contributed by atoms with van der Waals surface area (Å²) < 4.78 is 6.23. The van der Waals surface area contributed by atoms with Gasteiger partial charge in [-0.15, -0.1) is 0 Å². The van der Waals surface area contributed by atoms with E-state index >= 15 is 0 Å². The van der Waals surface area contributed by atoms with E-state index in [1.165, 1.54) is 6.92 Å². The lowest BCUT2D eigenvalue weighted by Gasteiger charge is -2.37. The molecule has 6 heteroatoms. The second kappa shape index (κ2) is 11.7. The van der Waals surface area contributed by atoms with E-state index in [1.807, 2.05) is 37.3 Å². The summed E-state index contributed by atoms with van der Waals surface area (Å²) >= 11 is 0. The molecule has 0 aliphatic heterocycles. The summed E-state index contributed by atoms with van der Waals surface area (Å²) in [4.78, 5) is 24.1. The van der Waals surface area contributed by atoms with Crippen LogP contribution >= 0.6 is 0 Å². The molecule has 160 valence electrons. The van der Waals surface area contributed by atoms with E-state index in [4.69, 9.17) is 4.74 Å². The van der Waals surface area contributed by atoms with E-state index in [1.54, 1.807) is 0 Å². The maximum atomic E-state index is 12.3. The molecule has 0 unspecified atom stereocenters. The van der Waals surface area contributed by atoms with Gasteiger partial charge in [0.2, 0.25) is 11.8 Å². The monoisotopic (exact) mass is 401 g/mol. The van der Waals surface area contributed by atoms with Gasteiger partial charge in [-0.3, -0.25) is 9.59 Å². The number of nitrogens with one attached hydrogen (secondary N) is 3. The molecule has 29 heavy (non-hydrogen) atoms. The third-order valence-electron chi connectivity index (χ3n) is 5.31. The van der Waals surface area contributed by atoms with Crippen molar-refractivity contribution < 1.29 is 14.3 Å². The Hall–Kier alpha value is -2.18. The zero-order chi connectivity index (χ0) is 21.2. The van der Waals surface area contributed by atoms with Crippen molar-refractivity contribution in [1.82, 2.24) is 10.6 Å². The zero-order valence-electron chi connectivity index (χ0n) is 18.0. The first kappa shape index (κ1) is 23.1. The summed E-state index contributed by atoms with van der Waals surface area (Å²) in [6.07, 6.45) is 7.15. The standard InChI is InChI=1S/C23H35N3O3/c1-5-18(6-2)29-21-13-9-12-20(23(21)25-17(4)27)24-15-14-22(28)26-19-11-8-7-10-16(19)3/h7-11,13,18,20-21,23-24H,5-6,12,14-15H2,1-4H3,(H,25,27)(H,26,28)/t20-,21+,23+/m0/s1. The predicted octanol–water partition coefficient (Wildman–Crippen LogP) is 3.32. The topological polar surface area (TPSA) is 79.5 Å². The summed E-state index contributed by atoms with van der Waals surface area (Å²) in [5, 5.41) is 9.44. The number of hydrogen-bond acceptors (Lipinski definition) is 4. The molecule has 0 aromatic heterocycles. The molecule has 0 heterocycles. The molecule has 1 aromatic carbocycles. The van der Waals surface area contributed by atoms with Crippen LogP contribution in [-0.4, -0.2) is 42.7 Å². The number of amides is 2.